The first-order chi connectivity index (χ1) is 11.8. The Morgan fingerprint density at radius 1 is 1.08 bits per heavy atom. The lowest BCUT2D eigenvalue weighted by Gasteiger charge is -2.08. The van der Waals surface area contributed by atoms with Crippen LogP contribution in [0.15, 0.2) is 53.4 Å². The van der Waals surface area contributed by atoms with Gasteiger partial charge >= 0.3 is 0 Å². The molecule has 2 N–H and O–H groups in total. The number of para-hydroxylation sites is 2. The van der Waals surface area contributed by atoms with Gasteiger partial charge in [0.15, 0.2) is 9.84 Å². The number of nitro groups is 1. The molecule has 1 amide bonds. The normalized spacial score (nSPS) is 10.9. The number of sulfone groups is 1. The van der Waals surface area contributed by atoms with Crippen LogP contribution in [0.25, 0.3) is 0 Å². The summed E-state index contributed by atoms with van der Waals surface area (Å²) in [5.41, 5.74) is 0.669. The summed E-state index contributed by atoms with van der Waals surface area (Å²) in [6.45, 7) is 0.552. The minimum absolute atomic E-state index is 0.0369. The van der Waals surface area contributed by atoms with E-state index in [1.54, 1.807) is 18.2 Å². The van der Waals surface area contributed by atoms with Gasteiger partial charge in [0.2, 0.25) is 0 Å². The zero-order valence-corrected chi connectivity index (χ0v) is 14.2. The van der Waals surface area contributed by atoms with Crippen molar-refractivity contribution in [2.75, 3.05) is 24.7 Å². The van der Waals surface area contributed by atoms with Gasteiger partial charge in [-0.1, -0.05) is 12.1 Å². The van der Waals surface area contributed by atoms with Crippen LogP contribution in [0.5, 0.6) is 0 Å². The summed E-state index contributed by atoms with van der Waals surface area (Å²) in [6.07, 6.45) is 1.09. The average molecular weight is 363 g/mol. The summed E-state index contributed by atoms with van der Waals surface area (Å²) in [4.78, 5) is 22.6. The van der Waals surface area contributed by atoms with Crippen LogP contribution in [0, 0.1) is 10.1 Å². The number of nitro benzene ring substituents is 1. The number of rotatable bonds is 7. The van der Waals surface area contributed by atoms with Gasteiger partial charge in [-0.25, -0.2) is 8.42 Å². The molecule has 0 atom stereocenters. The molecule has 2 rings (SSSR count). The van der Waals surface area contributed by atoms with Gasteiger partial charge in [-0.05, 0) is 30.3 Å². The van der Waals surface area contributed by atoms with E-state index in [0.717, 1.165) is 6.26 Å². The second-order valence-corrected chi connectivity index (χ2v) is 7.27. The van der Waals surface area contributed by atoms with Gasteiger partial charge in [-0.15, -0.1) is 0 Å². The summed E-state index contributed by atoms with van der Waals surface area (Å²) in [7, 11) is -3.30. The Balaban J connectivity index is 1.88. The maximum Gasteiger partial charge on any atom is 0.292 e. The summed E-state index contributed by atoms with van der Waals surface area (Å²) in [5.74, 6) is -0.357. The Morgan fingerprint density at radius 2 is 1.72 bits per heavy atom. The van der Waals surface area contributed by atoms with Crippen molar-refractivity contribution >= 4 is 27.1 Å². The lowest BCUT2D eigenvalue weighted by atomic mass is 10.2. The second kappa shape index (κ2) is 7.75. The molecule has 0 aliphatic rings. The average Bonchev–Trinajstić information content (AvgIpc) is 2.58. The molecular weight excluding hydrogens is 346 g/mol. The molecule has 2 aromatic carbocycles. The molecule has 0 saturated heterocycles. The number of carbonyl (C=O) groups excluding carboxylic acids is 1. The number of hydrogen-bond donors (Lipinski definition) is 2. The van der Waals surface area contributed by atoms with E-state index in [-0.39, 0.29) is 23.0 Å². The summed E-state index contributed by atoms with van der Waals surface area (Å²) in [5, 5.41) is 16.4. The van der Waals surface area contributed by atoms with E-state index in [2.05, 4.69) is 10.6 Å². The Kier molecular flexibility index (Phi) is 5.71. The Labute approximate surface area is 144 Å². The van der Waals surface area contributed by atoms with Crippen LogP contribution >= 0.6 is 0 Å². The van der Waals surface area contributed by atoms with Gasteiger partial charge in [-0.2, -0.15) is 0 Å². The summed E-state index contributed by atoms with van der Waals surface area (Å²) < 4.78 is 22.8. The van der Waals surface area contributed by atoms with Crippen LogP contribution in [0.2, 0.25) is 0 Å². The molecule has 132 valence electrons. The van der Waals surface area contributed by atoms with Crippen LogP contribution in [-0.2, 0) is 9.84 Å². The third-order valence-corrected chi connectivity index (χ3v) is 4.50. The zero-order valence-electron chi connectivity index (χ0n) is 13.4. The molecule has 8 nitrogen and oxygen atoms in total. The van der Waals surface area contributed by atoms with E-state index in [0.29, 0.717) is 17.8 Å². The molecule has 0 bridgehead atoms. The quantitative estimate of drug-likeness (QED) is 0.440. The minimum atomic E-state index is -3.30. The second-order valence-electron chi connectivity index (χ2n) is 5.25. The summed E-state index contributed by atoms with van der Waals surface area (Å²) >= 11 is 0. The van der Waals surface area contributed by atoms with Crippen LogP contribution in [0.3, 0.4) is 0 Å². The Bertz CT molecular complexity index is 879. The molecule has 0 aliphatic carbocycles. The predicted octanol–water partition coefficient (Wildman–Crippen LogP) is 1.84. The molecule has 9 heteroatoms. The Hall–Kier alpha value is -2.94. The fraction of sp³-hybridized carbons (Fsp3) is 0.188. The first-order valence-corrected chi connectivity index (χ1v) is 9.24. The standard InChI is InChI=1S/C16H17N3O5S/c1-25(23,24)13-8-6-12(7-9-13)16(20)18-11-10-17-14-4-2-3-5-15(14)19(21)22/h2-9,17H,10-11H2,1H3,(H,18,20). The molecule has 0 heterocycles. The van der Waals surface area contributed by atoms with E-state index in [1.807, 2.05) is 0 Å². The highest BCUT2D eigenvalue weighted by molar-refractivity contribution is 7.90. The zero-order chi connectivity index (χ0) is 18.4. The lowest BCUT2D eigenvalue weighted by molar-refractivity contribution is -0.384. The van der Waals surface area contributed by atoms with Crippen molar-refractivity contribution < 1.29 is 18.1 Å². The number of benzene rings is 2. The van der Waals surface area contributed by atoms with Crippen molar-refractivity contribution in [3.05, 3.63) is 64.2 Å². The van der Waals surface area contributed by atoms with Gasteiger partial charge in [0.25, 0.3) is 11.6 Å². The number of nitrogens with zero attached hydrogens (tertiary/aromatic N) is 1. The highest BCUT2D eigenvalue weighted by Crippen LogP contribution is 2.22. The molecule has 0 unspecified atom stereocenters. The largest absolute Gasteiger partial charge is 0.378 e. The minimum Gasteiger partial charge on any atom is -0.378 e. The molecule has 25 heavy (non-hydrogen) atoms. The lowest BCUT2D eigenvalue weighted by Crippen LogP contribution is -2.28. The third-order valence-electron chi connectivity index (χ3n) is 3.37. The molecule has 0 fully saturated rings. The van der Waals surface area contributed by atoms with Crippen molar-refractivity contribution in [3.8, 4) is 0 Å². The highest BCUT2D eigenvalue weighted by Gasteiger charge is 2.12. The van der Waals surface area contributed by atoms with Gasteiger partial charge < -0.3 is 10.6 Å². The van der Waals surface area contributed by atoms with Crippen molar-refractivity contribution in [1.82, 2.24) is 5.32 Å². The van der Waals surface area contributed by atoms with Gasteiger partial charge in [0.05, 0.1) is 9.82 Å². The Morgan fingerprint density at radius 3 is 2.32 bits per heavy atom. The van der Waals surface area contributed by atoms with Crippen LogP contribution < -0.4 is 10.6 Å². The first kappa shape index (κ1) is 18.4. The van der Waals surface area contributed by atoms with Gasteiger partial charge in [0.1, 0.15) is 5.69 Å². The maximum absolute atomic E-state index is 12.0. The SMILES string of the molecule is CS(=O)(=O)c1ccc(C(=O)NCCNc2ccccc2[N+](=O)[O-])cc1. The maximum atomic E-state index is 12.0. The number of amides is 1. The van der Waals surface area contributed by atoms with Crippen molar-refractivity contribution in [2.45, 2.75) is 4.90 Å². The smallest absolute Gasteiger partial charge is 0.292 e. The molecular formula is C16H17N3O5S. The van der Waals surface area contributed by atoms with E-state index in [4.69, 9.17) is 0 Å². The van der Waals surface area contributed by atoms with Gasteiger partial charge in [-0.3, -0.25) is 14.9 Å². The third kappa shape index (κ3) is 5.01. The topological polar surface area (TPSA) is 118 Å². The van der Waals surface area contributed by atoms with E-state index in [1.165, 1.54) is 30.3 Å². The van der Waals surface area contributed by atoms with E-state index < -0.39 is 14.8 Å². The first-order valence-electron chi connectivity index (χ1n) is 7.34. The monoisotopic (exact) mass is 363 g/mol. The van der Waals surface area contributed by atoms with E-state index >= 15 is 0 Å². The molecule has 2 aromatic rings. The van der Waals surface area contributed by atoms with Crippen LogP contribution in [0.4, 0.5) is 11.4 Å². The van der Waals surface area contributed by atoms with Gasteiger partial charge in [0, 0.05) is 31.0 Å². The fourth-order valence-corrected chi connectivity index (χ4v) is 2.74. The fourth-order valence-electron chi connectivity index (χ4n) is 2.11. The molecule has 0 spiro atoms. The molecule has 0 saturated carbocycles. The molecule has 0 aromatic heterocycles. The molecule has 0 aliphatic heterocycles. The van der Waals surface area contributed by atoms with Crippen LogP contribution in [-0.4, -0.2) is 38.6 Å². The number of anilines is 1. The molecule has 0 radical (unpaired) electrons. The number of hydrogen-bond acceptors (Lipinski definition) is 6. The van der Waals surface area contributed by atoms with Crippen LogP contribution in [0.1, 0.15) is 10.4 Å². The van der Waals surface area contributed by atoms with Crippen molar-refractivity contribution in [3.63, 3.8) is 0 Å². The highest BCUT2D eigenvalue weighted by atomic mass is 32.2. The van der Waals surface area contributed by atoms with Crippen molar-refractivity contribution in [2.24, 2.45) is 0 Å². The summed E-state index contributed by atoms with van der Waals surface area (Å²) in [6, 6.07) is 11.8. The number of carbonyl (C=O) groups is 1. The predicted molar refractivity (Wildman–Crippen MR) is 93.5 cm³/mol. The van der Waals surface area contributed by atoms with E-state index in [9.17, 15) is 23.3 Å². The van der Waals surface area contributed by atoms with Crippen molar-refractivity contribution in [1.29, 1.82) is 0 Å². The number of nitrogens with one attached hydrogen (secondary N) is 2.